The number of nitrogens with two attached hydrogens (primary N) is 1. The molecule has 0 radical (unpaired) electrons. The molecule has 1 aromatic rings. The van der Waals surface area contributed by atoms with Crippen LogP contribution >= 0.6 is 15.9 Å². The minimum atomic E-state index is 0.536. The summed E-state index contributed by atoms with van der Waals surface area (Å²) in [6.45, 7) is 5.42. The van der Waals surface area contributed by atoms with Crippen LogP contribution in [0.25, 0.3) is 0 Å². The van der Waals surface area contributed by atoms with Gasteiger partial charge in [-0.05, 0) is 65.2 Å². The number of rotatable bonds is 4. The van der Waals surface area contributed by atoms with E-state index in [1.807, 2.05) is 13.0 Å². The highest BCUT2D eigenvalue weighted by Gasteiger charge is 2.34. The number of benzene rings is 1. The molecule has 0 unspecified atom stereocenters. The molecule has 1 fully saturated rings. The summed E-state index contributed by atoms with van der Waals surface area (Å²) in [5.74, 6) is 0. The van der Waals surface area contributed by atoms with E-state index in [2.05, 4.69) is 34.2 Å². The Bertz CT molecular complexity index is 405. The monoisotopic (exact) mass is 296 g/mol. The zero-order valence-electron chi connectivity index (χ0n) is 10.6. The van der Waals surface area contributed by atoms with Crippen LogP contribution in [0.1, 0.15) is 38.2 Å². The molecular formula is C14H21BrN2. The molecule has 3 heteroatoms. The molecule has 1 aromatic carbocycles. The van der Waals surface area contributed by atoms with Gasteiger partial charge < -0.3 is 11.1 Å². The molecule has 1 aliphatic carbocycles. The predicted molar refractivity (Wildman–Crippen MR) is 78.4 cm³/mol. The SMILES string of the molecule is CCC1(CNc2cc(C)c(N)cc2Br)CCC1. The van der Waals surface area contributed by atoms with E-state index in [-0.39, 0.29) is 0 Å². The molecule has 3 N–H and O–H groups in total. The maximum absolute atomic E-state index is 5.88. The topological polar surface area (TPSA) is 38.0 Å². The number of aryl methyl sites for hydroxylation is 1. The zero-order valence-corrected chi connectivity index (χ0v) is 12.2. The largest absolute Gasteiger partial charge is 0.398 e. The molecular weight excluding hydrogens is 276 g/mol. The van der Waals surface area contributed by atoms with Gasteiger partial charge in [-0.3, -0.25) is 0 Å². The molecule has 0 saturated heterocycles. The second kappa shape index (κ2) is 4.89. The van der Waals surface area contributed by atoms with Gasteiger partial charge in [0.1, 0.15) is 0 Å². The van der Waals surface area contributed by atoms with Crippen molar-refractivity contribution in [3.8, 4) is 0 Å². The van der Waals surface area contributed by atoms with Gasteiger partial charge in [0.2, 0.25) is 0 Å². The van der Waals surface area contributed by atoms with E-state index < -0.39 is 0 Å². The second-order valence-electron chi connectivity index (χ2n) is 5.25. The van der Waals surface area contributed by atoms with Crippen molar-refractivity contribution in [1.29, 1.82) is 0 Å². The van der Waals surface area contributed by atoms with Gasteiger partial charge in [0.25, 0.3) is 0 Å². The number of halogens is 1. The standard InChI is InChI=1S/C14H21BrN2/c1-3-14(5-4-6-14)9-17-13-7-10(2)12(16)8-11(13)15/h7-8,17H,3-6,9,16H2,1-2H3. The Balaban J connectivity index is 2.06. The maximum atomic E-state index is 5.88. The average molecular weight is 297 g/mol. The van der Waals surface area contributed by atoms with Crippen LogP contribution in [0, 0.1) is 12.3 Å². The number of anilines is 2. The molecule has 1 saturated carbocycles. The Morgan fingerprint density at radius 3 is 2.65 bits per heavy atom. The van der Waals surface area contributed by atoms with Gasteiger partial charge in [0, 0.05) is 22.4 Å². The Labute approximate surface area is 112 Å². The van der Waals surface area contributed by atoms with E-state index in [0.29, 0.717) is 5.41 Å². The van der Waals surface area contributed by atoms with Crippen LogP contribution in [0.2, 0.25) is 0 Å². The van der Waals surface area contributed by atoms with Crippen molar-refractivity contribution >= 4 is 27.3 Å². The first-order valence-corrected chi connectivity index (χ1v) is 7.15. The molecule has 0 aliphatic heterocycles. The van der Waals surface area contributed by atoms with E-state index >= 15 is 0 Å². The molecule has 2 nitrogen and oxygen atoms in total. The molecule has 94 valence electrons. The summed E-state index contributed by atoms with van der Waals surface area (Å²) >= 11 is 3.57. The summed E-state index contributed by atoms with van der Waals surface area (Å²) in [5.41, 5.74) is 9.55. The van der Waals surface area contributed by atoms with Crippen molar-refractivity contribution in [2.45, 2.75) is 39.5 Å². The van der Waals surface area contributed by atoms with Crippen LogP contribution in [0.3, 0.4) is 0 Å². The minimum absolute atomic E-state index is 0.536. The third-order valence-electron chi connectivity index (χ3n) is 4.17. The van der Waals surface area contributed by atoms with Crippen LogP contribution < -0.4 is 11.1 Å². The smallest absolute Gasteiger partial charge is 0.0489 e. The quantitative estimate of drug-likeness (QED) is 0.812. The molecule has 1 aliphatic rings. The summed E-state index contributed by atoms with van der Waals surface area (Å²) < 4.78 is 1.06. The minimum Gasteiger partial charge on any atom is -0.398 e. The fourth-order valence-electron chi connectivity index (χ4n) is 2.45. The highest BCUT2D eigenvalue weighted by Crippen LogP contribution is 2.44. The summed E-state index contributed by atoms with van der Waals surface area (Å²) in [6, 6.07) is 4.11. The van der Waals surface area contributed by atoms with Crippen molar-refractivity contribution in [1.82, 2.24) is 0 Å². The van der Waals surface area contributed by atoms with Crippen molar-refractivity contribution in [3.63, 3.8) is 0 Å². The summed E-state index contributed by atoms with van der Waals surface area (Å²) in [5, 5.41) is 3.57. The molecule has 0 spiro atoms. The van der Waals surface area contributed by atoms with Gasteiger partial charge in [-0.1, -0.05) is 13.3 Å². The van der Waals surface area contributed by atoms with Gasteiger partial charge in [0.15, 0.2) is 0 Å². The predicted octanol–water partition coefficient (Wildman–Crippen LogP) is 4.33. The van der Waals surface area contributed by atoms with E-state index in [1.165, 1.54) is 25.7 Å². The number of hydrogen-bond acceptors (Lipinski definition) is 2. The first-order valence-electron chi connectivity index (χ1n) is 6.36. The number of hydrogen-bond donors (Lipinski definition) is 2. The normalized spacial score (nSPS) is 17.6. The third kappa shape index (κ3) is 2.59. The molecule has 17 heavy (non-hydrogen) atoms. The van der Waals surface area contributed by atoms with Gasteiger partial charge in [-0.2, -0.15) is 0 Å². The third-order valence-corrected chi connectivity index (χ3v) is 4.83. The first-order chi connectivity index (χ1) is 8.06. The molecule has 0 heterocycles. The summed E-state index contributed by atoms with van der Waals surface area (Å²) in [4.78, 5) is 0. The lowest BCUT2D eigenvalue weighted by molar-refractivity contribution is 0.145. The lowest BCUT2D eigenvalue weighted by atomic mass is 9.67. The van der Waals surface area contributed by atoms with Crippen LogP contribution in [-0.4, -0.2) is 6.54 Å². The highest BCUT2D eigenvalue weighted by atomic mass is 79.9. The van der Waals surface area contributed by atoms with Crippen molar-refractivity contribution in [3.05, 3.63) is 22.2 Å². The summed E-state index contributed by atoms with van der Waals surface area (Å²) in [7, 11) is 0. The molecule has 2 rings (SSSR count). The van der Waals surface area contributed by atoms with Gasteiger partial charge >= 0.3 is 0 Å². The number of nitrogens with one attached hydrogen (secondary N) is 1. The van der Waals surface area contributed by atoms with Crippen LogP contribution in [0.15, 0.2) is 16.6 Å². The summed E-state index contributed by atoms with van der Waals surface area (Å²) in [6.07, 6.45) is 5.38. The zero-order chi connectivity index (χ0) is 12.5. The fourth-order valence-corrected chi connectivity index (χ4v) is 2.95. The van der Waals surface area contributed by atoms with Gasteiger partial charge in [-0.15, -0.1) is 0 Å². The van der Waals surface area contributed by atoms with Crippen molar-refractivity contribution < 1.29 is 0 Å². The molecule has 0 amide bonds. The average Bonchev–Trinajstić information content (AvgIpc) is 2.24. The van der Waals surface area contributed by atoms with E-state index in [0.717, 1.165) is 28.0 Å². The van der Waals surface area contributed by atoms with Crippen LogP contribution in [-0.2, 0) is 0 Å². The Hall–Kier alpha value is -0.700. The number of nitrogen functional groups attached to an aromatic ring is 1. The lowest BCUT2D eigenvalue weighted by Gasteiger charge is -2.41. The van der Waals surface area contributed by atoms with Gasteiger partial charge in [0.05, 0.1) is 0 Å². The highest BCUT2D eigenvalue weighted by molar-refractivity contribution is 9.10. The first kappa shape index (κ1) is 12.7. The lowest BCUT2D eigenvalue weighted by Crippen LogP contribution is -2.35. The molecule has 0 bridgehead atoms. The fraction of sp³-hybridized carbons (Fsp3) is 0.571. The Morgan fingerprint density at radius 2 is 2.12 bits per heavy atom. The van der Waals surface area contributed by atoms with E-state index in [4.69, 9.17) is 5.73 Å². The Kier molecular flexibility index (Phi) is 3.67. The Morgan fingerprint density at radius 1 is 1.41 bits per heavy atom. The molecule has 0 atom stereocenters. The van der Waals surface area contributed by atoms with Crippen molar-refractivity contribution in [2.24, 2.45) is 5.41 Å². The second-order valence-corrected chi connectivity index (χ2v) is 6.10. The maximum Gasteiger partial charge on any atom is 0.0489 e. The van der Waals surface area contributed by atoms with E-state index in [1.54, 1.807) is 0 Å². The van der Waals surface area contributed by atoms with E-state index in [9.17, 15) is 0 Å². The van der Waals surface area contributed by atoms with Gasteiger partial charge in [-0.25, -0.2) is 0 Å². The van der Waals surface area contributed by atoms with Crippen molar-refractivity contribution in [2.75, 3.05) is 17.6 Å². The van der Waals surface area contributed by atoms with Crippen LogP contribution in [0.5, 0.6) is 0 Å². The van der Waals surface area contributed by atoms with Crippen LogP contribution in [0.4, 0.5) is 11.4 Å². The molecule has 0 aromatic heterocycles.